The number of rotatable bonds is 7. The molecule has 0 aliphatic carbocycles. The van der Waals surface area contributed by atoms with Crippen LogP contribution in [0.3, 0.4) is 0 Å². The third-order valence-electron chi connectivity index (χ3n) is 4.89. The van der Waals surface area contributed by atoms with Crippen molar-refractivity contribution in [2.75, 3.05) is 25.0 Å². The maximum Gasteiger partial charge on any atom is 0.257 e. The number of amides is 2. The molecule has 0 unspecified atom stereocenters. The molecule has 1 saturated heterocycles. The highest BCUT2D eigenvalue weighted by atomic mass is 32.1. The highest BCUT2D eigenvalue weighted by Crippen LogP contribution is 2.16. The van der Waals surface area contributed by atoms with E-state index in [1.165, 1.54) is 0 Å². The van der Waals surface area contributed by atoms with Crippen molar-refractivity contribution in [3.63, 3.8) is 0 Å². The zero-order valence-corrected chi connectivity index (χ0v) is 18.0. The van der Waals surface area contributed by atoms with Crippen molar-refractivity contribution in [2.45, 2.75) is 32.6 Å². The Morgan fingerprint density at radius 1 is 1.00 bits per heavy atom. The maximum atomic E-state index is 12.4. The number of carbonyl (C=O) groups excluding carboxylic acids is 2. The lowest BCUT2D eigenvalue weighted by Crippen LogP contribution is -2.34. The Balaban J connectivity index is 1.49. The minimum atomic E-state index is -0.298. The molecule has 0 bridgehead atoms. The Bertz CT molecular complexity index is 876. The average Bonchev–Trinajstić information content (AvgIpc) is 3.29. The molecule has 0 radical (unpaired) electrons. The van der Waals surface area contributed by atoms with Gasteiger partial charge in [0.25, 0.3) is 11.8 Å². The molecule has 7 heteroatoms. The zero-order valence-electron chi connectivity index (χ0n) is 17.1. The lowest BCUT2D eigenvalue weighted by Gasteiger charge is -2.15. The number of anilines is 1. The normalized spacial score (nSPS) is 13.0. The van der Waals surface area contributed by atoms with Crippen LogP contribution in [0.1, 0.15) is 53.3 Å². The Morgan fingerprint density at radius 3 is 2.27 bits per heavy atom. The number of nitrogens with zero attached hydrogens (tertiary/aromatic N) is 1. The number of thiocarbonyl (C=S) groups is 1. The largest absolute Gasteiger partial charge is 0.494 e. The monoisotopic (exact) mass is 425 g/mol. The molecule has 158 valence electrons. The number of carbonyl (C=O) groups is 2. The number of ether oxygens (including phenoxy) is 1. The summed E-state index contributed by atoms with van der Waals surface area (Å²) >= 11 is 5.24. The van der Waals surface area contributed by atoms with Gasteiger partial charge in [0.2, 0.25) is 0 Å². The molecular weight excluding hydrogens is 398 g/mol. The second kappa shape index (κ2) is 10.7. The molecule has 1 aliphatic rings. The van der Waals surface area contributed by atoms with Gasteiger partial charge in [0.15, 0.2) is 5.11 Å². The second-order valence-electron chi connectivity index (χ2n) is 7.21. The summed E-state index contributed by atoms with van der Waals surface area (Å²) in [7, 11) is 0. The third kappa shape index (κ3) is 6.03. The van der Waals surface area contributed by atoms with E-state index in [1.54, 1.807) is 48.5 Å². The fourth-order valence-electron chi connectivity index (χ4n) is 3.17. The van der Waals surface area contributed by atoms with E-state index in [0.29, 0.717) is 23.4 Å². The molecule has 3 rings (SSSR count). The van der Waals surface area contributed by atoms with Crippen LogP contribution in [-0.4, -0.2) is 41.5 Å². The molecule has 1 heterocycles. The SMILES string of the molecule is CCCCOc1ccc(C(=O)NC(=S)Nc2ccc(C(=O)N3CCCC3)cc2)cc1. The Hall–Kier alpha value is -2.93. The van der Waals surface area contributed by atoms with E-state index in [4.69, 9.17) is 17.0 Å². The van der Waals surface area contributed by atoms with Crippen LogP contribution in [-0.2, 0) is 0 Å². The van der Waals surface area contributed by atoms with Crippen molar-refractivity contribution in [3.8, 4) is 5.75 Å². The summed E-state index contributed by atoms with van der Waals surface area (Å²) in [5.74, 6) is 0.495. The number of hydrogen-bond donors (Lipinski definition) is 2. The lowest BCUT2D eigenvalue weighted by molar-refractivity contribution is 0.0792. The van der Waals surface area contributed by atoms with Crippen molar-refractivity contribution in [2.24, 2.45) is 0 Å². The molecule has 2 N–H and O–H groups in total. The van der Waals surface area contributed by atoms with Gasteiger partial charge in [-0.2, -0.15) is 0 Å². The zero-order chi connectivity index (χ0) is 21.3. The van der Waals surface area contributed by atoms with Gasteiger partial charge in [-0.3, -0.25) is 14.9 Å². The highest BCUT2D eigenvalue weighted by molar-refractivity contribution is 7.80. The third-order valence-corrected chi connectivity index (χ3v) is 5.10. The fraction of sp³-hybridized carbons (Fsp3) is 0.348. The van der Waals surface area contributed by atoms with Gasteiger partial charge >= 0.3 is 0 Å². The molecule has 0 aromatic heterocycles. The number of nitrogens with one attached hydrogen (secondary N) is 2. The Morgan fingerprint density at radius 2 is 1.63 bits per heavy atom. The van der Waals surface area contributed by atoms with Crippen LogP contribution in [0, 0.1) is 0 Å². The molecule has 1 aliphatic heterocycles. The molecule has 0 spiro atoms. The summed E-state index contributed by atoms with van der Waals surface area (Å²) in [5.41, 5.74) is 1.85. The van der Waals surface area contributed by atoms with Gasteiger partial charge in [0.1, 0.15) is 5.75 Å². The van der Waals surface area contributed by atoms with Crippen molar-refractivity contribution in [1.29, 1.82) is 0 Å². The van der Waals surface area contributed by atoms with Crippen molar-refractivity contribution < 1.29 is 14.3 Å². The van der Waals surface area contributed by atoms with E-state index in [9.17, 15) is 9.59 Å². The summed E-state index contributed by atoms with van der Waals surface area (Å²) < 4.78 is 5.60. The van der Waals surface area contributed by atoms with Gasteiger partial charge in [-0.1, -0.05) is 13.3 Å². The van der Waals surface area contributed by atoms with E-state index in [2.05, 4.69) is 17.6 Å². The van der Waals surface area contributed by atoms with Crippen LogP contribution in [0.4, 0.5) is 5.69 Å². The molecule has 1 fully saturated rings. The lowest BCUT2D eigenvalue weighted by atomic mass is 10.2. The van der Waals surface area contributed by atoms with Crippen LogP contribution >= 0.6 is 12.2 Å². The number of likely N-dealkylation sites (tertiary alicyclic amines) is 1. The molecule has 0 saturated carbocycles. The van der Waals surface area contributed by atoms with Gasteiger partial charge in [-0.15, -0.1) is 0 Å². The average molecular weight is 426 g/mol. The van der Waals surface area contributed by atoms with Crippen LogP contribution in [0.5, 0.6) is 5.75 Å². The Labute approximate surface area is 182 Å². The van der Waals surface area contributed by atoms with Gasteiger partial charge in [0, 0.05) is 29.9 Å². The van der Waals surface area contributed by atoms with E-state index < -0.39 is 0 Å². The van der Waals surface area contributed by atoms with Gasteiger partial charge < -0.3 is 15.0 Å². The molecule has 30 heavy (non-hydrogen) atoms. The first-order chi connectivity index (χ1) is 14.6. The van der Waals surface area contributed by atoms with Crippen LogP contribution < -0.4 is 15.4 Å². The predicted molar refractivity (Wildman–Crippen MR) is 122 cm³/mol. The highest BCUT2D eigenvalue weighted by Gasteiger charge is 2.19. The molecule has 2 aromatic carbocycles. The first-order valence-electron chi connectivity index (χ1n) is 10.3. The van der Waals surface area contributed by atoms with E-state index in [0.717, 1.165) is 44.5 Å². The van der Waals surface area contributed by atoms with Crippen LogP contribution in [0.25, 0.3) is 0 Å². The fourth-order valence-corrected chi connectivity index (χ4v) is 3.38. The number of hydrogen-bond acceptors (Lipinski definition) is 4. The molecule has 2 amide bonds. The second-order valence-corrected chi connectivity index (χ2v) is 7.62. The smallest absolute Gasteiger partial charge is 0.257 e. The quantitative estimate of drug-likeness (QED) is 0.513. The van der Waals surface area contributed by atoms with E-state index >= 15 is 0 Å². The van der Waals surface area contributed by atoms with Crippen LogP contribution in [0.2, 0.25) is 0 Å². The van der Waals surface area contributed by atoms with Crippen molar-refractivity contribution in [3.05, 3.63) is 59.7 Å². The topological polar surface area (TPSA) is 70.7 Å². The van der Waals surface area contributed by atoms with Crippen LogP contribution in [0.15, 0.2) is 48.5 Å². The number of benzene rings is 2. The van der Waals surface area contributed by atoms with Gasteiger partial charge in [-0.25, -0.2) is 0 Å². The van der Waals surface area contributed by atoms with Crippen molar-refractivity contribution in [1.82, 2.24) is 10.2 Å². The Kier molecular flexibility index (Phi) is 7.79. The summed E-state index contributed by atoms with van der Waals surface area (Å²) in [5, 5.41) is 5.83. The maximum absolute atomic E-state index is 12.4. The summed E-state index contributed by atoms with van der Waals surface area (Å²) in [4.78, 5) is 26.6. The minimum Gasteiger partial charge on any atom is -0.494 e. The first-order valence-corrected chi connectivity index (χ1v) is 10.7. The van der Waals surface area contributed by atoms with E-state index in [1.807, 2.05) is 4.90 Å². The molecule has 2 aromatic rings. The summed E-state index contributed by atoms with van der Waals surface area (Å²) in [6.07, 6.45) is 4.19. The molecule has 6 nitrogen and oxygen atoms in total. The minimum absolute atomic E-state index is 0.0528. The van der Waals surface area contributed by atoms with Crippen molar-refractivity contribution >= 4 is 34.8 Å². The molecule has 0 atom stereocenters. The van der Waals surface area contributed by atoms with Gasteiger partial charge in [0.05, 0.1) is 6.61 Å². The molecular formula is C23H27N3O3S. The predicted octanol–water partition coefficient (Wildman–Crippen LogP) is 4.23. The standard InChI is InChI=1S/C23H27N3O3S/c1-2-3-16-29-20-12-8-17(9-13-20)21(27)25-23(30)24-19-10-6-18(7-11-19)22(28)26-14-4-5-15-26/h6-13H,2-5,14-16H2,1H3,(H2,24,25,27,30). The summed E-state index contributed by atoms with van der Waals surface area (Å²) in [6, 6.07) is 14.1. The number of unbranched alkanes of at least 4 members (excludes halogenated alkanes) is 1. The first kappa shape index (κ1) is 21.8. The van der Waals surface area contributed by atoms with E-state index in [-0.39, 0.29) is 16.9 Å². The summed E-state index contributed by atoms with van der Waals surface area (Å²) in [6.45, 7) is 4.41. The van der Waals surface area contributed by atoms with Gasteiger partial charge in [-0.05, 0) is 80.0 Å².